The van der Waals surface area contributed by atoms with Crippen LogP contribution in [0.2, 0.25) is 0 Å². The summed E-state index contributed by atoms with van der Waals surface area (Å²) in [6, 6.07) is 13.0. The van der Waals surface area contributed by atoms with E-state index in [-0.39, 0.29) is 13.0 Å². The maximum absolute atomic E-state index is 11.9. The molecule has 0 fully saturated rings. The molecule has 40 heavy (non-hydrogen) atoms. The van der Waals surface area contributed by atoms with Crippen molar-refractivity contribution in [3.63, 3.8) is 0 Å². The molecule has 10 heteroatoms. The van der Waals surface area contributed by atoms with Crippen LogP contribution >= 0.6 is 0 Å². The molecule has 1 aliphatic rings. The number of carboxylic acid groups (broad SMARTS) is 1. The third kappa shape index (κ3) is 5.67. The van der Waals surface area contributed by atoms with E-state index >= 15 is 0 Å². The smallest absolute Gasteiger partial charge is 0.333 e. The molecular formula is C30H29N5O5. The third-order valence-corrected chi connectivity index (χ3v) is 6.65. The summed E-state index contributed by atoms with van der Waals surface area (Å²) in [5.41, 5.74) is 13.0. The molecule has 0 radical (unpaired) electrons. The highest BCUT2D eigenvalue weighted by Gasteiger charge is 2.17. The number of carboxylic acids is 1. The van der Waals surface area contributed by atoms with Crippen molar-refractivity contribution < 1.29 is 24.2 Å². The van der Waals surface area contributed by atoms with E-state index in [1.807, 2.05) is 30.3 Å². The zero-order valence-corrected chi connectivity index (χ0v) is 22.1. The fourth-order valence-corrected chi connectivity index (χ4v) is 4.69. The molecule has 2 bridgehead atoms. The molecule has 204 valence electrons. The fraction of sp³-hybridized carbons (Fsp3) is 0.267. The lowest BCUT2D eigenvalue weighted by Crippen LogP contribution is -2.11. The Morgan fingerprint density at radius 2 is 1.80 bits per heavy atom. The van der Waals surface area contributed by atoms with Crippen LogP contribution in [0.5, 0.6) is 5.75 Å². The second-order valence-corrected chi connectivity index (χ2v) is 9.61. The third-order valence-electron chi connectivity index (χ3n) is 6.65. The van der Waals surface area contributed by atoms with E-state index in [0.717, 1.165) is 16.7 Å². The number of nitrogens with two attached hydrogens (primary N) is 1. The lowest BCUT2D eigenvalue weighted by atomic mass is 10.0. The molecule has 3 aromatic carbocycles. The molecule has 0 saturated heterocycles. The van der Waals surface area contributed by atoms with E-state index in [1.165, 1.54) is 0 Å². The molecular weight excluding hydrogens is 510 g/mol. The number of aromatic nitrogens is 2. The van der Waals surface area contributed by atoms with Crippen LogP contribution in [0.25, 0.3) is 22.1 Å². The van der Waals surface area contributed by atoms with Gasteiger partial charge in [-0.2, -0.15) is 0 Å². The zero-order chi connectivity index (χ0) is 28.2. The summed E-state index contributed by atoms with van der Waals surface area (Å²) in [6.07, 6.45) is 1.45. The molecule has 4 aromatic rings. The van der Waals surface area contributed by atoms with E-state index in [0.29, 0.717) is 82.7 Å². The zero-order valence-electron chi connectivity index (χ0n) is 22.1. The van der Waals surface area contributed by atoms with Crippen molar-refractivity contribution in [2.45, 2.75) is 32.6 Å². The maximum atomic E-state index is 11.9. The topological polar surface area (TPSA) is 149 Å². The first kappa shape index (κ1) is 26.9. The van der Waals surface area contributed by atoms with Gasteiger partial charge in [0.15, 0.2) is 0 Å². The number of hydrogen-bond donors (Lipinski definition) is 2. The summed E-state index contributed by atoms with van der Waals surface area (Å²) in [7, 11) is 0. The van der Waals surface area contributed by atoms with Crippen LogP contribution in [0.3, 0.4) is 0 Å². The molecule has 0 aliphatic carbocycles. The Hall–Kier alpha value is -4.70. The normalized spacial score (nSPS) is 13.3. The predicted molar refractivity (Wildman–Crippen MR) is 150 cm³/mol. The molecule has 0 spiro atoms. The Morgan fingerprint density at radius 3 is 2.58 bits per heavy atom. The first-order valence-electron chi connectivity index (χ1n) is 13.0. The SMILES string of the molecule is C=C(C)C(=O)OCCc1cc2c(cc1CCN)/N=N/c1ccc(CC(=O)O)c3nc4cccc(c4nc13)CCO2. The van der Waals surface area contributed by atoms with Crippen LogP contribution in [-0.4, -0.2) is 46.8 Å². The summed E-state index contributed by atoms with van der Waals surface area (Å²) in [5, 5.41) is 18.5. The summed E-state index contributed by atoms with van der Waals surface area (Å²) >= 11 is 0. The van der Waals surface area contributed by atoms with Crippen molar-refractivity contribution >= 4 is 45.4 Å². The van der Waals surface area contributed by atoms with Gasteiger partial charge in [-0.25, -0.2) is 14.8 Å². The fourth-order valence-electron chi connectivity index (χ4n) is 4.69. The number of rotatable bonds is 8. The van der Waals surface area contributed by atoms with E-state index in [4.69, 9.17) is 25.2 Å². The second kappa shape index (κ2) is 11.6. The van der Waals surface area contributed by atoms with E-state index in [9.17, 15) is 14.7 Å². The quantitative estimate of drug-likeness (QED) is 0.182. The van der Waals surface area contributed by atoms with Gasteiger partial charge < -0.3 is 20.3 Å². The second-order valence-electron chi connectivity index (χ2n) is 9.61. The van der Waals surface area contributed by atoms with Crippen LogP contribution in [0.15, 0.2) is 64.8 Å². The summed E-state index contributed by atoms with van der Waals surface area (Å²) in [5.74, 6) is -0.839. The summed E-state index contributed by atoms with van der Waals surface area (Å²) < 4.78 is 11.5. The Bertz CT molecular complexity index is 1680. The average molecular weight is 540 g/mol. The number of aliphatic carboxylic acids is 1. The number of benzene rings is 3. The number of hydrogen-bond acceptors (Lipinski definition) is 9. The molecule has 3 N–H and O–H groups in total. The number of ether oxygens (including phenoxy) is 2. The molecule has 0 saturated carbocycles. The highest BCUT2D eigenvalue weighted by atomic mass is 16.5. The van der Waals surface area contributed by atoms with Crippen LogP contribution in [0, 0.1) is 0 Å². The van der Waals surface area contributed by atoms with Crippen LogP contribution in [0.4, 0.5) is 11.4 Å². The molecule has 2 heterocycles. The highest BCUT2D eigenvalue weighted by molar-refractivity contribution is 5.96. The van der Waals surface area contributed by atoms with Crippen molar-refractivity contribution in [1.29, 1.82) is 0 Å². The Labute approximate surface area is 230 Å². The number of azo groups is 1. The average Bonchev–Trinajstić information content (AvgIpc) is 2.92. The van der Waals surface area contributed by atoms with Gasteiger partial charge >= 0.3 is 11.9 Å². The monoisotopic (exact) mass is 539 g/mol. The van der Waals surface area contributed by atoms with E-state index in [2.05, 4.69) is 16.8 Å². The van der Waals surface area contributed by atoms with E-state index < -0.39 is 11.9 Å². The largest absolute Gasteiger partial charge is 0.491 e. The summed E-state index contributed by atoms with van der Waals surface area (Å²) in [4.78, 5) is 33.0. The Morgan fingerprint density at radius 1 is 1.00 bits per heavy atom. The number of carbonyl (C=O) groups is 2. The number of fused-ring (bicyclic) bond motifs is 1. The maximum Gasteiger partial charge on any atom is 0.333 e. The number of para-hydroxylation sites is 1. The molecule has 0 amide bonds. The van der Waals surface area contributed by atoms with Gasteiger partial charge in [0.05, 0.1) is 36.2 Å². The highest BCUT2D eigenvalue weighted by Crippen LogP contribution is 2.36. The molecule has 0 unspecified atom stereocenters. The Balaban J connectivity index is 1.61. The number of esters is 1. The molecule has 5 rings (SSSR count). The number of carbonyl (C=O) groups excluding carboxylic acids is 1. The van der Waals surface area contributed by atoms with Crippen LogP contribution < -0.4 is 10.5 Å². The minimum atomic E-state index is -0.954. The number of nitrogens with zero attached hydrogens (tertiary/aromatic N) is 4. The lowest BCUT2D eigenvalue weighted by molar-refractivity contribution is -0.139. The van der Waals surface area contributed by atoms with Gasteiger partial charge in [0.2, 0.25) is 0 Å². The summed E-state index contributed by atoms with van der Waals surface area (Å²) in [6.45, 7) is 6.20. The van der Waals surface area contributed by atoms with Gasteiger partial charge in [-0.3, -0.25) is 4.79 Å². The van der Waals surface area contributed by atoms with Gasteiger partial charge in [-0.05, 0) is 66.4 Å². The predicted octanol–water partition coefficient (Wildman–Crippen LogP) is 4.92. The van der Waals surface area contributed by atoms with Crippen molar-refractivity contribution in [3.8, 4) is 5.75 Å². The van der Waals surface area contributed by atoms with Gasteiger partial charge in [0, 0.05) is 18.4 Å². The van der Waals surface area contributed by atoms with Gasteiger partial charge in [-0.1, -0.05) is 24.8 Å². The molecule has 1 aromatic heterocycles. The molecule has 10 nitrogen and oxygen atoms in total. The minimum absolute atomic E-state index is 0.183. The lowest BCUT2D eigenvalue weighted by Gasteiger charge is -2.16. The van der Waals surface area contributed by atoms with Crippen molar-refractivity contribution in [2.24, 2.45) is 16.0 Å². The Kier molecular flexibility index (Phi) is 7.79. The first-order chi connectivity index (χ1) is 19.3. The van der Waals surface area contributed by atoms with Gasteiger partial charge in [-0.15, -0.1) is 10.2 Å². The first-order valence-corrected chi connectivity index (χ1v) is 13.0. The van der Waals surface area contributed by atoms with Gasteiger partial charge in [0.25, 0.3) is 0 Å². The van der Waals surface area contributed by atoms with Crippen molar-refractivity contribution in [2.75, 3.05) is 19.8 Å². The minimum Gasteiger partial charge on any atom is -0.491 e. The standard InChI is InChI=1S/C30H29N5O5/c1-17(2)30(38)40-13-10-20-15-25-24(14-19(20)8-11-31)35-34-23-7-6-21(16-26(36)37)28-29(23)33-27-18(9-12-39-25)4-3-5-22(27)32-28/h3-7,14-15H,1,8-13,16,31H2,2H3,(H,36,37)/b35-34+. The van der Waals surface area contributed by atoms with E-state index in [1.54, 1.807) is 19.1 Å². The van der Waals surface area contributed by atoms with Crippen molar-refractivity contribution in [3.05, 3.63) is 76.9 Å². The molecule has 0 atom stereocenters. The van der Waals surface area contributed by atoms with Crippen molar-refractivity contribution in [1.82, 2.24) is 9.97 Å². The van der Waals surface area contributed by atoms with Gasteiger partial charge in [0.1, 0.15) is 22.6 Å². The van der Waals surface area contributed by atoms with Crippen LogP contribution in [0.1, 0.15) is 29.2 Å². The van der Waals surface area contributed by atoms with Crippen LogP contribution in [-0.2, 0) is 40.0 Å². The molecule has 1 aliphatic heterocycles.